The summed E-state index contributed by atoms with van der Waals surface area (Å²) < 4.78 is 10.6. The zero-order chi connectivity index (χ0) is 8.06. The maximum atomic E-state index is 5.41. The van der Waals surface area contributed by atoms with Gasteiger partial charge in [-0.3, -0.25) is 0 Å². The third-order valence-electron chi connectivity index (χ3n) is 2.06. The lowest BCUT2D eigenvalue weighted by Gasteiger charge is -1.94. The summed E-state index contributed by atoms with van der Waals surface area (Å²) in [6, 6.07) is 0. The molecule has 0 radical (unpaired) electrons. The molecule has 11 heavy (non-hydrogen) atoms. The van der Waals surface area contributed by atoms with Gasteiger partial charge in [0.1, 0.15) is 5.76 Å². The molecular weight excluding hydrogens is 142 g/mol. The fraction of sp³-hybridized carbons (Fsp3) is 0.625. The van der Waals surface area contributed by atoms with E-state index in [4.69, 9.17) is 9.15 Å². The molecule has 2 rings (SSSR count). The minimum absolute atomic E-state index is 0.223. The van der Waals surface area contributed by atoms with Gasteiger partial charge < -0.3 is 9.15 Å². The molecule has 1 aromatic rings. The van der Waals surface area contributed by atoms with E-state index in [1.54, 1.807) is 0 Å². The maximum Gasteiger partial charge on any atom is 0.229 e. The molecule has 0 aromatic carbocycles. The van der Waals surface area contributed by atoms with Gasteiger partial charge in [-0.1, -0.05) is 0 Å². The van der Waals surface area contributed by atoms with Crippen molar-refractivity contribution in [1.29, 1.82) is 0 Å². The molecule has 3 nitrogen and oxygen atoms in total. The van der Waals surface area contributed by atoms with Crippen LogP contribution in [0, 0.1) is 13.8 Å². The Balaban J connectivity index is 2.39. The van der Waals surface area contributed by atoms with Crippen molar-refractivity contribution in [3.63, 3.8) is 0 Å². The normalized spacial score (nSPS) is 29.0. The van der Waals surface area contributed by atoms with Crippen molar-refractivity contribution in [3.05, 3.63) is 17.3 Å². The Labute approximate surface area is 65.4 Å². The number of aromatic nitrogens is 1. The summed E-state index contributed by atoms with van der Waals surface area (Å²) in [6.45, 7) is 6.57. The third-order valence-corrected chi connectivity index (χ3v) is 2.06. The van der Waals surface area contributed by atoms with Crippen molar-refractivity contribution in [2.24, 2.45) is 0 Å². The van der Waals surface area contributed by atoms with Gasteiger partial charge in [-0.15, -0.1) is 0 Å². The average molecular weight is 153 g/mol. The van der Waals surface area contributed by atoms with Gasteiger partial charge in [-0.25, -0.2) is 4.98 Å². The molecule has 1 unspecified atom stereocenters. The zero-order valence-electron chi connectivity index (χ0n) is 6.97. The molecule has 0 amide bonds. The van der Waals surface area contributed by atoms with Gasteiger partial charge in [-0.2, -0.15) is 0 Å². The number of hydrogen-bond acceptors (Lipinski definition) is 3. The topological polar surface area (TPSA) is 38.6 Å². The van der Waals surface area contributed by atoms with Crippen LogP contribution in [-0.2, 0) is 10.3 Å². The van der Waals surface area contributed by atoms with Gasteiger partial charge in [0.15, 0.2) is 5.60 Å². The average Bonchev–Trinajstić information content (AvgIpc) is 2.59. The second-order valence-electron chi connectivity index (χ2n) is 3.18. The molecule has 1 aliphatic heterocycles. The molecule has 0 N–H and O–H groups in total. The van der Waals surface area contributed by atoms with Crippen molar-refractivity contribution in [2.75, 3.05) is 6.61 Å². The van der Waals surface area contributed by atoms with Crippen LogP contribution in [0.3, 0.4) is 0 Å². The van der Waals surface area contributed by atoms with E-state index in [1.165, 1.54) is 0 Å². The first-order chi connectivity index (χ1) is 5.12. The summed E-state index contributed by atoms with van der Waals surface area (Å²) >= 11 is 0. The number of rotatable bonds is 1. The van der Waals surface area contributed by atoms with Crippen LogP contribution >= 0.6 is 0 Å². The van der Waals surface area contributed by atoms with Crippen molar-refractivity contribution in [1.82, 2.24) is 4.98 Å². The number of ether oxygens (including phenoxy) is 1. The zero-order valence-corrected chi connectivity index (χ0v) is 6.97. The van der Waals surface area contributed by atoms with Crippen LogP contribution < -0.4 is 0 Å². The van der Waals surface area contributed by atoms with Crippen LogP contribution in [0.25, 0.3) is 0 Å². The first-order valence-electron chi connectivity index (χ1n) is 3.70. The molecule has 1 aromatic heterocycles. The van der Waals surface area contributed by atoms with Gasteiger partial charge in [-0.05, 0) is 20.8 Å². The minimum atomic E-state index is -0.223. The van der Waals surface area contributed by atoms with Crippen molar-refractivity contribution < 1.29 is 9.15 Å². The molecule has 0 aliphatic carbocycles. The molecule has 3 heteroatoms. The standard InChI is InChI=1S/C8H11NO2/c1-5-6(2)11-7(9-5)8(3)4-10-8/h4H2,1-3H3. The molecule has 0 spiro atoms. The number of aryl methyl sites for hydroxylation is 2. The van der Waals surface area contributed by atoms with Crippen LogP contribution in [0.15, 0.2) is 4.42 Å². The van der Waals surface area contributed by atoms with E-state index in [1.807, 2.05) is 20.8 Å². The second-order valence-corrected chi connectivity index (χ2v) is 3.18. The van der Waals surface area contributed by atoms with Gasteiger partial charge in [0.05, 0.1) is 12.3 Å². The Morgan fingerprint density at radius 3 is 2.45 bits per heavy atom. The van der Waals surface area contributed by atoms with E-state index in [2.05, 4.69) is 4.98 Å². The predicted octanol–water partition coefficient (Wildman–Crippen LogP) is 1.54. The van der Waals surface area contributed by atoms with Gasteiger partial charge in [0.2, 0.25) is 5.89 Å². The van der Waals surface area contributed by atoms with Gasteiger partial charge in [0, 0.05) is 0 Å². The molecule has 0 saturated carbocycles. The molecule has 1 atom stereocenters. The Morgan fingerprint density at radius 2 is 2.09 bits per heavy atom. The smallest absolute Gasteiger partial charge is 0.229 e. The Kier molecular flexibility index (Phi) is 1.16. The number of hydrogen-bond donors (Lipinski definition) is 0. The molecule has 1 aliphatic rings. The highest BCUT2D eigenvalue weighted by Gasteiger charge is 2.46. The van der Waals surface area contributed by atoms with E-state index in [-0.39, 0.29) is 5.60 Å². The SMILES string of the molecule is Cc1nc(C2(C)CO2)oc1C. The van der Waals surface area contributed by atoms with E-state index in [9.17, 15) is 0 Å². The Morgan fingerprint density at radius 1 is 1.45 bits per heavy atom. The van der Waals surface area contributed by atoms with Crippen LogP contribution in [-0.4, -0.2) is 11.6 Å². The van der Waals surface area contributed by atoms with Crippen molar-refractivity contribution in [2.45, 2.75) is 26.4 Å². The van der Waals surface area contributed by atoms with Crippen LogP contribution in [0.5, 0.6) is 0 Å². The van der Waals surface area contributed by atoms with Gasteiger partial charge in [0.25, 0.3) is 0 Å². The first-order valence-corrected chi connectivity index (χ1v) is 3.70. The summed E-state index contributed by atoms with van der Waals surface area (Å²) in [5, 5.41) is 0. The number of epoxide rings is 1. The molecular formula is C8H11NO2. The summed E-state index contributed by atoms with van der Waals surface area (Å²) in [5.41, 5.74) is 0.732. The highest BCUT2D eigenvalue weighted by molar-refractivity contribution is 5.12. The van der Waals surface area contributed by atoms with Crippen molar-refractivity contribution in [3.8, 4) is 0 Å². The van der Waals surface area contributed by atoms with Crippen LogP contribution in [0.1, 0.15) is 24.3 Å². The lowest BCUT2D eigenvalue weighted by molar-refractivity contribution is 0.273. The fourth-order valence-electron chi connectivity index (χ4n) is 0.931. The lowest BCUT2D eigenvalue weighted by Crippen LogP contribution is -2.01. The molecule has 2 heterocycles. The number of nitrogens with zero attached hydrogens (tertiary/aromatic N) is 1. The second kappa shape index (κ2) is 1.85. The highest BCUT2D eigenvalue weighted by Crippen LogP contribution is 2.37. The van der Waals surface area contributed by atoms with E-state index in [0.29, 0.717) is 5.89 Å². The quantitative estimate of drug-likeness (QED) is 0.574. The summed E-state index contributed by atoms with van der Waals surface area (Å²) in [6.07, 6.45) is 0. The molecule has 1 saturated heterocycles. The minimum Gasteiger partial charge on any atom is -0.443 e. The first kappa shape index (κ1) is 6.85. The Hall–Kier alpha value is -0.830. The van der Waals surface area contributed by atoms with E-state index >= 15 is 0 Å². The third kappa shape index (κ3) is 0.959. The van der Waals surface area contributed by atoms with Crippen LogP contribution in [0.2, 0.25) is 0 Å². The molecule has 1 fully saturated rings. The Bertz CT molecular complexity index is 267. The highest BCUT2D eigenvalue weighted by atomic mass is 16.6. The monoisotopic (exact) mass is 153 g/mol. The van der Waals surface area contributed by atoms with E-state index < -0.39 is 0 Å². The predicted molar refractivity (Wildman–Crippen MR) is 39.3 cm³/mol. The van der Waals surface area contributed by atoms with Crippen molar-refractivity contribution >= 4 is 0 Å². The molecule has 60 valence electrons. The lowest BCUT2D eigenvalue weighted by atomic mass is 10.2. The summed E-state index contributed by atoms with van der Waals surface area (Å²) in [4.78, 5) is 4.25. The van der Waals surface area contributed by atoms with Gasteiger partial charge >= 0.3 is 0 Å². The molecule has 0 bridgehead atoms. The number of oxazole rings is 1. The summed E-state index contributed by atoms with van der Waals surface area (Å²) in [7, 11) is 0. The summed E-state index contributed by atoms with van der Waals surface area (Å²) in [5.74, 6) is 1.60. The fourth-order valence-corrected chi connectivity index (χ4v) is 0.931. The maximum absolute atomic E-state index is 5.41. The van der Waals surface area contributed by atoms with E-state index in [0.717, 1.165) is 18.1 Å². The van der Waals surface area contributed by atoms with Crippen LogP contribution in [0.4, 0.5) is 0 Å². The largest absolute Gasteiger partial charge is 0.443 e.